The molecule has 0 saturated heterocycles. The molecule has 0 saturated carbocycles. The fourth-order valence-corrected chi connectivity index (χ4v) is 2.48. The smallest absolute Gasteiger partial charge is 0.282 e. The Morgan fingerprint density at radius 2 is 1.85 bits per heavy atom. The molecule has 0 spiro atoms. The molecule has 2 heterocycles. The zero-order chi connectivity index (χ0) is 14.3. The van der Waals surface area contributed by atoms with Gasteiger partial charge >= 0.3 is 0 Å². The van der Waals surface area contributed by atoms with E-state index < -0.39 is 18.0 Å². The Labute approximate surface area is 114 Å². The van der Waals surface area contributed by atoms with Crippen LogP contribution in [0.4, 0.5) is 8.78 Å². The fraction of sp³-hybridized carbons (Fsp3) is 0.286. The van der Waals surface area contributed by atoms with Crippen LogP contribution in [0, 0.1) is 0 Å². The maximum absolute atomic E-state index is 12.9. The first-order valence-corrected chi connectivity index (χ1v) is 6.24. The zero-order valence-electron chi connectivity index (χ0n) is 10.9. The predicted molar refractivity (Wildman–Crippen MR) is 68.2 cm³/mol. The van der Waals surface area contributed by atoms with Crippen molar-refractivity contribution < 1.29 is 13.6 Å². The second-order valence-corrected chi connectivity index (χ2v) is 4.83. The molecule has 1 amide bonds. The minimum Gasteiger partial charge on any atom is -0.330 e. The molecule has 0 atom stereocenters. The summed E-state index contributed by atoms with van der Waals surface area (Å²) in [5.41, 5.74) is 1.65. The third-order valence-electron chi connectivity index (χ3n) is 3.42. The summed E-state index contributed by atoms with van der Waals surface area (Å²) in [5.74, 6) is -0.399. The first-order chi connectivity index (χ1) is 9.56. The number of alkyl halides is 2. The Bertz CT molecular complexity index is 641. The minimum atomic E-state index is -2.75. The Balaban J connectivity index is 1.88. The summed E-state index contributed by atoms with van der Waals surface area (Å²) in [6, 6.07) is 7.70. The Hall–Kier alpha value is -2.24. The van der Waals surface area contributed by atoms with Crippen molar-refractivity contribution in [3.05, 3.63) is 52.8 Å². The lowest BCUT2D eigenvalue weighted by molar-refractivity contribution is 0.0739. The molecule has 1 aliphatic heterocycles. The van der Waals surface area contributed by atoms with Crippen molar-refractivity contribution in [2.45, 2.75) is 19.5 Å². The van der Waals surface area contributed by atoms with Gasteiger partial charge in [0.1, 0.15) is 5.69 Å². The Morgan fingerprint density at radius 1 is 1.25 bits per heavy atom. The van der Waals surface area contributed by atoms with Gasteiger partial charge in [0.05, 0.1) is 5.56 Å². The number of nitrogens with zero attached hydrogens (tertiary/aromatic N) is 3. The van der Waals surface area contributed by atoms with E-state index in [1.54, 1.807) is 4.90 Å². The third-order valence-corrected chi connectivity index (χ3v) is 3.42. The maximum atomic E-state index is 12.9. The van der Waals surface area contributed by atoms with Crippen LogP contribution in [0.1, 0.15) is 33.6 Å². The van der Waals surface area contributed by atoms with Gasteiger partial charge in [0.15, 0.2) is 0 Å². The zero-order valence-corrected chi connectivity index (χ0v) is 10.9. The van der Waals surface area contributed by atoms with E-state index in [1.807, 2.05) is 24.3 Å². The molecule has 104 valence electrons. The number of rotatable bonds is 2. The number of carbonyl (C=O) groups is 1. The topological polar surface area (TPSA) is 38.1 Å². The molecule has 3 rings (SSSR count). The molecule has 0 unspecified atom stereocenters. The van der Waals surface area contributed by atoms with E-state index in [2.05, 4.69) is 5.10 Å². The van der Waals surface area contributed by atoms with Crippen LogP contribution in [0.5, 0.6) is 0 Å². The van der Waals surface area contributed by atoms with Crippen LogP contribution in [0.2, 0.25) is 0 Å². The van der Waals surface area contributed by atoms with Gasteiger partial charge in [-0.25, -0.2) is 8.78 Å². The number of aryl methyl sites for hydroxylation is 1. The van der Waals surface area contributed by atoms with E-state index in [4.69, 9.17) is 0 Å². The van der Waals surface area contributed by atoms with Crippen LogP contribution in [0.15, 0.2) is 30.5 Å². The van der Waals surface area contributed by atoms with E-state index in [0.29, 0.717) is 13.1 Å². The minimum absolute atomic E-state index is 0.0182. The molecular formula is C14H13F2N3O. The number of halogens is 2. The van der Waals surface area contributed by atoms with Gasteiger partial charge in [-0.15, -0.1) is 0 Å². The number of hydrogen-bond donors (Lipinski definition) is 0. The summed E-state index contributed by atoms with van der Waals surface area (Å²) in [6.45, 7) is 0.902. The molecule has 0 fully saturated rings. The average molecular weight is 277 g/mol. The summed E-state index contributed by atoms with van der Waals surface area (Å²) < 4.78 is 27.1. The van der Waals surface area contributed by atoms with E-state index in [-0.39, 0.29) is 5.56 Å². The fourth-order valence-electron chi connectivity index (χ4n) is 2.48. The second-order valence-electron chi connectivity index (χ2n) is 4.83. The molecule has 6 heteroatoms. The standard InChI is InChI=1S/C14H13F2N3O/c1-18-8-11(12(17-18)13(15)16)14(20)19-6-9-4-2-3-5-10(9)7-19/h2-5,8,13H,6-7H2,1H3. The molecule has 0 radical (unpaired) electrons. The number of hydrogen-bond acceptors (Lipinski definition) is 2. The van der Waals surface area contributed by atoms with E-state index in [9.17, 15) is 13.6 Å². The van der Waals surface area contributed by atoms with Crippen LogP contribution < -0.4 is 0 Å². The largest absolute Gasteiger partial charge is 0.330 e. The molecule has 1 aromatic carbocycles. The average Bonchev–Trinajstić information content (AvgIpc) is 3.01. The Kier molecular flexibility index (Phi) is 3.00. The lowest BCUT2D eigenvalue weighted by Crippen LogP contribution is -2.26. The maximum Gasteiger partial charge on any atom is 0.282 e. The number of benzene rings is 1. The van der Waals surface area contributed by atoms with E-state index >= 15 is 0 Å². The monoisotopic (exact) mass is 277 g/mol. The van der Waals surface area contributed by atoms with Gasteiger partial charge < -0.3 is 4.90 Å². The summed E-state index contributed by atoms with van der Waals surface area (Å²) in [6.07, 6.45) is -1.40. The molecule has 1 aromatic heterocycles. The van der Waals surface area contributed by atoms with Gasteiger partial charge in [-0.1, -0.05) is 24.3 Å². The molecule has 2 aromatic rings. The lowest BCUT2D eigenvalue weighted by atomic mass is 10.1. The third kappa shape index (κ3) is 2.07. The molecule has 0 bridgehead atoms. The van der Waals surface area contributed by atoms with E-state index in [1.165, 1.54) is 17.9 Å². The van der Waals surface area contributed by atoms with Crippen molar-refractivity contribution in [2.75, 3.05) is 0 Å². The van der Waals surface area contributed by atoms with Crippen molar-refractivity contribution in [3.63, 3.8) is 0 Å². The lowest BCUT2D eigenvalue weighted by Gasteiger charge is -2.14. The first kappa shape index (κ1) is 12.8. The molecule has 1 aliphatic rings. The SMILES string of the molecule is Cn1cc(C(=O)N2Cc3ccccc3C2)c(C(F)F)n1. The number of fused-ring (bicyclic) bond motifs is 1. The molecule has 0 aliphatic carbocycles. The van der Waals surface area contributed by atoms with Crippen LogP contribution >= 0.6 is 0 Å². The first-order valence-electron chi connectivity index (χ1n) is 6.24. The van der Waals surface area contributed by atoms with Gasteiger partial charge in [0.2, 0.25) is 0 Å². The molecule has 0 N–H and O–H groups in total. The quantitative estimate of drug-likeness (QED) is 0.846. The highest BCUT2D eigenvalue weighted by Crippen LogP contribution is 2.27. The summed E-state index contributed by atoms with van der Waals surface area (Å²) in [5, 5.41) is 3.67. The van der Waals surface area contributed by atoms with E-state index in [0.717, 1.165) is 11.1 Å². The van der Waals surface area contributed by atoms with Crippen molar-refractivity contribution in [3.8, 4) is 0 Å². The van der Waals surface area contributed by atoms with Crippen LogP contribution in [0.25, 0.3) is 0 Å². The second kappa shape index (κ2) is 4.70. The van der Waals surface area contributed by atoms with Crippen LogP contribution in [0.3, 0.4) is 0 Å². The van der Waals surface area contributed by atoms with Crippen molar-refractivity contribution in [1.29, 1.82) is 0 Å². The highest BCUT2D eigenvalue weighted by Gasteiger charge is 2.29. The highest BCUT2D eigenvalue weighted by molar-refractivity contribution is 5.95. The molecule has 20 heavy (non-hydrogen) atoms. The van der Waals surface area contributed by atoms with Gasteiger partial charge in [-0.2, -0.15) is 5.10 Å². The Morgan fingerprint density at radius 3 is 2.40 bits per heavy atom. The normalized spacial score (nSPS) is 13.9. The summed E-state index contributed by atoms with van der Waals surface area (Å²) in [4.78, 5) is 14.0. The van der Waals surface area contributed by atoms with Gasteiger partial charge in [0, 0.05) is 26.3 Å². The van der Waals surface area contributed by atoms with Crippen molar-refractivity contribution in [1.82, 2.24) is 14.7 Å². The summed E-state index contributed by atoms with van der Waals surface area (Å²) >= 11 is 0. The van der Waals surface area contributed by atoms with Crippen LogP contribution in [-0.2, 0) is 20.1 Å². The number of carbonyl (C=O) groups excluding carboxylic acids is 1. The van der Waals surface area contributed by atoms with Gasteiger partial charge in [-0.05, 0) is 11.1 Å². The van der Waals surface area contributed by atoms with Gasteiger partial charge in [0.25, 0.3) is 12.3 Å². The van der Waals surface area contributed by atoms with Crippen molar-refractivity contribution >= 4 is 5.91 Å². The van der Waals surface area contributed by atoms with Crippen molar-refractivity contribution in [2.24, 2.45) is 7.05 Å². The number of aromatic nitrogens is 2. The predicted octanol–water partition coefficient (Wildman–Crippen LogP) is 2.51. The van der Waals surface area contributed by atoms with Gasteiger partial charge in [-0.3, -0.25) is 9.48 Å². The summed E-state index contributed by atoms with van der Waals surface area (Å²) in [7, 11) is 1.53. The highest BCUT2D eigenvalue weighted by atomic mass is 19.3. The molecule has 4 nitrogen and oxygen atoms in total. The van der Waals surface area contributed by atoms with Crippen LogP contribution in [-0.4, -0.2) is 20.6 Å². The number of amides is 1. The molecular weight excluding hydrogens is 264 g/mol.